The first-order chi connectivity index (χ1) is 9.56. The Morgan fingerprint density at radius 3 is 2.55 bits per heavy atom. The number of aliphatic carboxylic acids is 1. The van der Waals surface area contributed by atoms with Gasteiger partial charge in [0.1, 0.15) is 0 Å². The molecule has 20 heavy (non-hydrogen) atoms. The summed E-state index contributed by atoms with van der Waals surface area (Å²) in [5, 5.41) is 10.3. The van der Waals surface area contributed by atoms with E-state index in [0.29, 0.717) is 12.1 Å². The molecule has 7 heteroatoms. The van der Waals surface area contributed by atoms with Gasteiger partial charge in [-0.2, -0.15) is 0 Å². The summed E-state index contributed by atoms with van der Waals surface area (Å²) in [6.45, 7) is 0. The van der Waals surface area contributed by atoms with Crippen LogP contribution in [0.4, 0.5) is 0 Å². The number of carboxylic acid groups (broad SMARTS) is 1. The molecule has 0 saturated heterocycles. The molecule has 0 saturated carbocycles. The molecule has 2 aromatic heterocycles. The minimum absolute atomic E-state index is 0.156. The molecule has 102 valence electrons. The summed E-state index contributed by atoms with van der Waals surface area (Å²) in [7, 11) is 0. The van der Waals surface area contributed by atoms with Crippen LogP contribution in [0.5, 0.6) is 0 Å². The second kappa shape index (κ2) is 6.16. The molecule has 0 radical (unpaired) electrons. The van der Waals surface area contributed by atoms with Gasteiger partial charge in [-0.15, -0.1) is 11.3 Å². The molecule has 2 aromatic rings. The molecule has 0 aliphatic rings. The third-order valence-electron chi connectivity index (χ3n) is 2.48. The number of hydrogen-bond acceptors (Lipinski definition) is 6. The van der Waals surface area contributed by atoms with Crippen molar-refractivity contribution in [3.63, 3.8) is 0 Å². The van der Waals surface area contributed by atoms with Crippen molar-refractivity contribution < 1.29 is 19.5 Å². The third-order valence-corrected chi connectivity index (χ3v) is 3.42. The molecule has 0 amide bonds. The average Bonchev–Trinajstić information content (AvgIpc) is 2.88. The highest BCUT2D eigenvalue weighted by molar-refractivity contribution is 7.11. The number of carboxylic acids is 1. The van der Waals surface area contributed by atoms with Crippen molar-refractivity contribution in [1.82, 2.24) is 9.97 Å². The van der Waals surface area contributed by atoms with Crippen molar-refractivity contribution in [3.05, 3.63) is 46.2 Å². The fourth-order valence-corrected chi connectivity index (χ4v) is 2.28. The van der Waals surface area contributed by atoms with E-state index in [1.807, 2.05) is 12.1 Å². The quantitative estimate of drug-likeness (QED) is 0.490. The lowest BCUT2D eigenvalue weighted by Gasteiger charge is -1.96. The number of carbonyl (C=O) groups is 3. The second-order valence-corrected chi connectivity index (χ2v) is 4.86. The molecule has 0 fully saturated rings. The molecular weight excluding hydrogens is 280 g/mol. The van der Waals surface area contributed by atoms with E-state index in [1.54, 1.807) is 17.8 Å². The molecule has 2 rings (SSSR count). The van der Waals surface area contributed by atoms with Crippen LogP contribution in [-0.2, 0) is 16.0 Å². The maximum atomic E-state index is 11.7. The first kappa shape index (κ1) is 14.0. The highest BCUT2D eigenvalue weighted by Gasteiger charge is 2.20. The van der Waals surface area contributed by atoms with Crippen molar-refractivity contribution in [1.29, 1.82) is 0 Å². The van der Waals surface area contributed by atoms with Gasteiger partial charge in [0.05, 0.1) is 12.1 Å². The fourth-order valence-electron chi connectivity index (χ4n) is 1.52. The summed E-state index contributed by atoms with van der Waals surface area (Å²) in [5.41, 5.74) is 1.71. The van der Waals surface area contributed by atoms with Crippen molar-refractivity contribution in [2.45, 2.75) is 12.8 Å². The zero-order valence-electron chi connectivity index (χ0n) is 10.3. The topological polar surface area (TPSA) is 97.2 Å². The van der Waals surface area contributed by atoms with Crippen LogP contribution in [0.25, 0.3) is 0 Å². The van der Waals surface area contributed by atoms with E-state index >= 15 is 0 Å². The molecule has 0 unspecified atom stereocenters. The Labute approximate surface area is 118 Å². The Kier molecular flexibility index (Phi) is 4.31. The van der Waals surface area contributed by atoms with Gasteiger partial charge < -0.3 is 5.11 Å². The Morgan fingerprint density at radius 2 is 1.90 bits per heavy atom. The van der Waals surface area contributed by atoms with Crippen LogP contribution in [0, 0.1) is 0 Å². The van der Waals surface area contributed by atoms with Crippen molar-refractivity contribution in [3.8, 4) is 0 Å². The number of Topliss-reactive ketones (excluding diaryl/α,β-unsaturated/α-hetero) is 2. The summed E-state index contributed by atoms with van der Waals surface area (Å²) in [6, 6.07) is 3.68. The van der Waals surface area contributed by atoms with Gasteiger partial charge in [0.25, 0.3) is 0 Å². The molecule has 0 aliphatic carbocycles. The van der Waals surface area contributed by atoms with Crippen LogP contribution in [0.15, 0.2) is 29.9 Å². The lowest BCUT2D eigenvalue weighted by molar-refractivity contribution is -0.148. The van der Waals surface area contributed by atoms with Gasteiger partial charge in [-0.05, 0) is 17.7 Å². The Bertz CT molecular complexity index is 651. The number of thiazole rings is 1. The predicted octanol–water partition coefficient (Wildman–Crippen LogP) is 1.36. The number of aromatic nitrogens is 2. The molecule has 0 atom stereocenters. The summed E-state index contributed by atoms with van der Waals surface area (Å²) < 4.78 is 0. The molecule has 0 spiro atoms. The van der Waals surface area contributed by atoms with Gasteiger partial charge in [0.15, 0.2) is 10.8 Å². The first-order valence-corrected chi connectivity index (χ1v) is 6.57. The van der Waals surface area contributed by atoms with Crippen LogP contribution < -0.4 is 0 Å². The van der Waals surface area contributed by atoms with E-state index in [-0.39, 0.29) is 5.01 Å². The van der Waals surface area contributed by atoms with Gasteiger partial charge in [0.2, 0.25) is 5.78 Å². The van der Waals surface area contributed by atoms with Gasteiger partial charge in [-0.25, -0.2) is 9.78 Å². The molecule has 0 bridgehead atoms. The number of pyridine rings is 1. The summed E-state index contributed by atoms with van der Waals surface area (Å²) in [4.78, 5) is 41.1. The van der Waals surface area contributed by atoms with Gasteiger partial charge in [-0.1, -0.05) is 0 Å². The van der Waals surface area contributed by atoms with E-state index in [4.69, 9.17) is 5.11 Å². The number of hydrogen-bond donors (Lipinski definition) is 1. The van der Waals surface area contributed by atoms with Crippen LogP contribution in [-0.4, -0.2) is 32.6 Å². The minimum Gasteiger partial charge on any atom is -0.475 e. The molecule has 0 aromatic carbocycles. The Morgan fingerprint density at radius 1 is 1.20 bits per heavy atom. The van der Waals surface area contributed by atoms with Crippen molar-refractivity contribution in [2.24, 2.45) is 0 Å². The van der Waals surface area contributed by atoms with Crippen LogP contribution in [0.3, 0.4) is 0 Å². The zero-order chi connectivity index (χ0) is 14.5. The molecule has 6 nitrogen and oxygen atoms in total. The number of rotatable bonds is 6. The predicted molar refractivity (Wildman–Crippen MR) is 70.7 cm³/mol. The summed E-state index contributed by atoms with van der Waals surface area (Å²) in [5.74, 6) is -3.30. The largest absolute Gasteiger partial charge is 0.475 e. The van der Waals surface area contributed by atoms with E-state index < -0.39 is 24.0 Å². The molecular formula is C13H10N2O4S. The second-order valence-electron chi connectivity index (χ2n) is 4.00. The van der Waals surface area contributed by atoms with E-state index in [0.717, 1.165) is 16.9 Å². The highest BCUT2D eigenvalue weighted by Crippen LogP contribution is 2.15. The summed E-state index contributed by atoms with van der Waals surface area (Å²) in [6.07, 6.45) is 3.23. The molecule has 1 N–H and O–H groups in total. The lowest BCUT2D eigenvalue weighted by Crippen LogP contribution is -2.17. The number of ketones is 2. The fraction of sp³-hybridized carbons (Fsp3) is 0.154. The zero-order valence-corrected chi connectivity index (χ0v) is 11.1. The van der Waals surface area contributed by atoms with Crippen LogP contribution >= 0.6 is 11.3 Å². The van der Waals surface area contributed by atoms with E-state index in [2.05, 4.69) is 9.97 Å². The van der Waals surface area contributed by atoms with Gasteiger partial charge in [0, 0.05) is 24.2 Å². The maximum Gasteiger partial charge on any atom is 0.372 e. The van der Waals surface area contributed by atoms with Crippen LogP contribution in [0.2, 0.25) is 0 Å². The molecule has 2 heterocycles. The summed E-state index contributed by atoms with van der Waals surface area (Å²) >= 11 is 1.11. The minimum atomic E-state index is -1.60. The van der Waals surface area contributed by atoms with Crippen molar-refractivity contribution in [2.75, 3.05) is 0 Å². The van der Waals surface area contributed by atoms with Crippen molar-refractivity contribution >= 4 is 28.9 Å². The highest BCUT2D eigenvalue weighted by atomic mass is 32.1. The number of carbonyl (C=O) groups excluding carboxylic acids is 2. The van der Waals surface area contributed by atoms with E-state index in [1.165, 1.54) is 0 Å². The molecule has 0 aliphatic heterocycles. The monoisotopic (exact) mass is 290 g/mol. The van der Waals surface area contributed by atoms with Crippen LogP contribution in [0.1, 0.15) is 27.5 Å². The van der Waals surface area contributed by atoms with Gasteiger partial charge >= 0.3 is 5.97 Å². The lowest BCUT2D eigenvalue weighted by atomic mass is 10.1. The maximum absolute atomic E-state index is 11.7. The average molecular weight is 290 g/mol. The Hall–Kier alpha value is -2.41. The van der Waals surface area contributed by atoms with Gasteiger partial charge in [-0.3, -0.25) is 14.6 Å². The smallest absolute Gasteiger partial charge is 0.372 e. The SMILES string of the molecule is O=C(O)C(=O)CC(=O)c1nc(Cc2ccncc2)cs1. The number of nitrogens with zero attached hydrogens (tertiary/aromatic N) is 2. The third kappa shape index (κ3) is 3.55. The van der Waals surface area contributed by atoms with E-state index in [9.17, 15) is 14.4 Å². The normalized spacial score (nSPS) is 10.2. The standard InChI is InChI=1S/C13H10N2O4S/c16-10(6-11(17)13(18)19)12-15-9(7-20-12)5-8-1-3-14-4-2-8/h1-4,7H,5-6H2,(H,18,19). The Balaban J connectivity index is 2.04. The first-order valence-electron chi connectivity index (χ1n) is 5.69.